The van der Waals surface area contributed by atoms with E-state index in [1.807, 2.05) is 0 Å². The van der Waals surface area contributed by atoms with E-state index in [1.54, 1.807) is 12.1 Å². The zero-order valence-corrected chi connectivity index (χ0v) is 11.8. The molecule has 2 N–H and O–H groups in total. The number of halogens is 1. The fourth-order valence-corrected chi connectivity index (χ4v) is 1.74. The van der Waals surface area contributed by atoms with E-state index in [0.29, 0.717) is 13.0 Å². The average molecular weight is 297 g/mol. The second-order valence-corrected chi connectivity index (χ2v) is 4.63. The molecular formula is C15H20FNO4. The quantitative estimate of drug-likeness (QED) is 0.650. The SMILES string of the molecule is O=C(O)CCCCCCNC(=O)COc1ccccc1F. The van der Waals surface area contributed by atoms with Crippen molar-refractivity contribution in [3.63, 3.8) is 0 Å². The van der Waals surface area contributed by atoms with Gasteiger partial charge in [-0.15, -0.1) is 0 Å². The molecule has 1 aromatic carbocycles. The van der Waals surface area contributed by atoms with Gasteiger partial charge >= 0.3 is 5.97 Å². The van der Waals surface area contributed by atoms with Gasteiger partial charge in [-0.2, -0.15) is 0 Å². The Balaban J connectivity index is 2.04. The maximum atomic E-state index is 13.2. The van der Waals surface area contributed by atoms with Crippen LogP contribution >= 0.6 is 0 Å². The van der Waals surface area contributed by atoms with Crippen LogP contribution in [0, 0.1) is 5.82 Å². The summed E-state index contributed by atoms with van der Waals surface area (Å²) in [6, 6.07) is 5.91. The Morgan fingerprint density at radius 1 is 1.14 bits per heavy atom. The van der Waals surface area contributed by atoms with Crippen molar-refractivity contribution in [2.24, 2.45) is 0 Å². The van der Waals surface area contributed by atoms with Crippen LogP contribution in [-0.2, 0) is 9.59 Å². The number of ether oxygens (including phenoxy) is 1. The van der Waals surface area contributed by atoms with Crippen molar-refractivity contribution in [1.29, 1.82) is 0 Å². The van der Waals surface area contributed by atoms with Crippen LogP contribution in [0.15, 0.2) is 24.3 Å². The summed E-state index contributed by atoms with van der Waals surface area (Å²) >= 11 is 0. The molecular weight excluding hydrogens is 277 g/mol. The maximum absolute atomic E-state index is 13.2. The van der Waals surface area contributed by atoms with Gasteiger partial charge in [-0.05, 0) is 25.0 Å². The number of aliphatic carboxylic acids is 1. The number of hydrogen-bond acceptors (Lipinski definition) is 3. The van der Waals surface area contributed by atoms with Gasteiger partial charge < -0.3 is 15.2 Å². The van der Waals surface area contributed by atoms with E-state index in [1.165, 1.54) is 12.1 Å². The first-order chi connectivity index (χ1) is 10.1. The molecule has 1 amide bonds. The molecule has 1 rings (SSSR count). The van der Waals surface area contributed by atoms with Crippen molar-refractivity contribution < 1.29 is 23.8 Å². The van der Waals surface area contributed by atoms with Crippen molar-refractivity contribution in [3.05, 3.63) is 30.1 Å². The lowest BCUT2D eigenvalue weighted by atomic mass is 10.1. The summed E-state index contributed by atoms with van der Waals surface area (Å²) < 4.78 is 18.3. The molecule has 0 saturated heterocycles. The third-order valence-electron chi connectivity index (χ3n) is 2.84. The zero-order chi connectivity index (χ0) is 15.5. The Morgan fingerprint density at radius 3 is 2.57 bits per heavy atom. The number of carbonyl (C=O) groups is 2. The number of carboxylic acid groups (broad SMARTS) is 1. The number of rotatable bonds is 10. The molecule has 6 heteroatoms. The second kappa shape index (κ2) is 9.74. The summed E-state index contributed by atoms with van der Waals surface area (Å²) in [6.07, 6.45) is 3.31. The summed E-state index contributed by atoms with van der Waals surface area (Å²) in [7, 11) is 0. The monoisotopic (exact) mass is 297 g/mol. The normalized spacial score (nSPS) is 10.1. The minimum atomic E-state index is -0.784. The lowest BCUT2D eigenvalue weighted by Crippen LogP contribution is -2.29. The molecule has 0 aliphatic rings. The van der Waals surface area contributed by atoms with Crippen LogP contribution < -0.4 is 10.1 Å². The van der Waals surface area contributed by atoms with E-state index in [0.717, 1.165) is 19.3 Å². The molecule has 21 heavy (non-hydrogen) atoms. The van der Waals surface area contributed by atoms with Gasteiger partial charge in [0.1, 0.15) is 0 Å². The molecule has 0 bridgehead atoms. The smallest absolute Gasteiger partial charge is 0.303 e. The molecule has 0 saturated carbocycles. The number of benzene rings is 1. The van der Waals surface area contributed by atoms with Gasteiger partial charge in [-0.1, -0.05) is 25.0 Å². The number of para-hydroxylation sites is 1. The lowest BCUT2D eigenvalue weighted by Gasteiger charge is -2.08. The molecule has 5 nitrogen and oxygen atoms in total. The van der Waals surface area contributed by atoms with Gasteiger partial charge in [0.15, 0.2) is 18.2 Å². The van der Waals surface area contributed by atoms with Gasteiger partial charge in [0.05, 0.1) is 0 Å². The fourth-order valence-electron chi connectivity index (χ4n) is 1.74. The van der Waals surface area contributed by atoms with Crippen LogP contribution in [0.3, 0.4) is 0 Å². The van der Waals surface area contributed by atoms with Crippen molar-refractivity contribution in [2.45, 2.75) is 32.1 Å². The zero-order valence-electron chi connectivity index (χ0n) is 11.8. The van der Waals surface area contributed by atoms with E-state index >= 15 is 0 Å². The first-order valence-electron chi connectivity index (χ1n) is 6.95. The third-order valence-corrected chi connectivity index (χ3v) is 2.84. The van der Waals surface area contributed by atoms with E-state index in [-0.39, 0.29) is 24.7 Å². The van der Waals surface area contributed by atoms with Gasteiger partial charge in [0.2, 0.25) is 0 Å². The van der Waals surface area contributed by atoms with Gasteiger partial charge in [-0.25, -0.2) is 4.39 Å². The molecule has 0 radical (unpaired) electrons. The van der Waals surface area contributed by atoms with Crippen molar-refractivity contribution in [2.75, 3.05) is 13.2 Å². The highest BCUT2D eigenvalue weighted by molar-refractivity contribution is 5.77. The van der Waals surface area contributed by atoms with Gasteiger partial charge in [-0.3, -0.25) is 9.59 Å². The van der Waals surface area contributed by atoms with E-state index in [2.05, 4.69) is 5.32 Å². The predicted molar refractivity (Wildman–Crippen MR) is 75.6 cm³/mol. The topological polar surface area (TPSA) is 75.6 Å². The summed E-state index contributed by atoms with van der Waals surface area (Å²) in [5, 5.41) is 11.1. The van der Waals surface area contributed by atoms with Crippen LogP contribution in [0.25, 0.3) is 0 Å². The Hall–Kier alpha value is -2.11. The molecule has 0 atom stereocenters. The third kappa shape index (κ3) is 7.91. The highest BCUT2D eigenvalue weighted by atomic mass is 19.1. The van der Waals surface area contributed by atoms with Crippen LogP contribution in [0.2, 0.25) is 0 Å². The molecule has 0 unspecified atom stereocenters. The first kappa shape index (κ1) is 16.9. The number of carboxylic acids is 1. The van der Waals surface area contributed by atoms with Crippen LogP contribution in [-0.4, -0.2) is 30.1 Å². The number of hydrogen-bond donors (Lipinski definition) is 2. The van der Waals surface area contributed by atoms with Gasteiger partial charge in [0.25, 0.3) is 5.91 Å². The molecule has 0 aromatic heterocycles. The first-order valence-corrected chi connectivity index (χ1v) is 6.95. The van der Waals surface area contributed by atoms with Crippen LogP contribution in [0.5, 0.6) is 5.75 Å². The minimum Gasteiger partial charge on any atom is -0.481 e. The second-order valence-electron chi connectivity index (χ2n) is 4.63. The van der Waals surface area contributed by atoms with E-state index in [4.69, 9.17) is 9.84 Å². The predicted octanol–water partition coefficient (Wildman–Crippen LogP) is 2.36. The molecule has 0 aliphatic heterocycles. The standard InChI is InChI=1S/C15H20FNO4/c16-12-7-4-5-8-13(12)21-11-14(18)17-10-6-2-1-3-9-15(19)20/h4-5,7-8H,1-3,6,9-11H2,(H,17,18)(H,19,20). The Kier molecular flexibility index (Phi) is 7.86. The number of carbonyl (C=O) groups excluding carboxylic acids is 1. The van der Waals surface area contributed by atoms with Crippen LogP contribution in [0.4, 0.5) is 4.39 Å². The summed E-state index contributed by atoms with van der Waals surface area (Å²) in [5.41, 5.74) is 0. The highest BCUT2D eigenvalue weighted by Crippen LogP contribution is 2.14. The van der Waals surface area contributed by atoms with E-state index < -0.39 is 11.8 Å². The average Bonchev–Trinajstić information content (AvgIpc) is 2.45. The van der Waals surface area contributed by atoms with Crippen molar-refractivity contribution in [3.8, 4) is 5.75 Å². The van der Waals surface area contributed by atoms with Crippen molar-refractivity contribution >= 4 is 11.9 Å². The van der Waals surface area contributed by atoms with Crippen LogP contribution in [0.1, 0.15) is 32.1 Å². The molecule has 1 aromatic rings. The molecule has 0 heterocycles. The highest BCUT2D eigenvalue weighted by Gasteiger charge is 2.05. The molecule has 0 fully saturated rings. The van der Waals surface area contributed by atoms with Crippen molar-refractivity contribution in [1.82, 2.24) is 5.32 Å². The fraction of sp³-hybridized carbons (Fsp3) is 0.467. The Labute approximate surface area is 123 Å². The summed E-state index contributed by atoms with van der Waals surface area (Å²) in [4.78, 5) is 21.8. The number of nitrogens with one attached hydrogen (secondary N) is 1. The largest absolute Gasteiger partial charge is 0.481 e. The molecule has 0 spiro atoms. The number of unbranched alkanes of at least 4 members (excludes halogenated alkanes) is 3. The summed E-state index contributed by atoms with van der Waals surface area (Å²) in [6.45, 7) is 0.284. The minimum absolute atomic E-state index is 0.0568. The van der Waals surface area contributed by atoms with Gasteiger partial charge in [0, 0.05) is 13.0 Å². The molecule has 116 valence electrons. The van der Waals surface area contributed by atoms with E-state index in [9.17, 15) is 14.0 Å². The Bertz CT molecular complexity index is 465. The Morgan fingerprint density at radius 2 is 1.86 bits per heavy atom. The maximum Gasteiger partial charge on any atom is 0.303 e. The molecule has 0 aliphatic carbocycles. The lowest BCUT2D eigenvalue weighted by molar-refractivity contribution is -0.137. The summed E-state index contributed by atoms with van der Waals surface area (Å²) in [5.74, 6) is -1.53. The number of amides is 1.